The molecule has 0 saturated carbocycles. The van der Waals surface area contributed by atoms with Gasteiger partial charge in [-0.1, -0.05) is 43.7 Å². The van der Waals surface area contributed by atoms with E-state index in [4.69, 9.17) is 61.6 Å². The van der Waals surface area contributed by atoms with Gasteiger partial charge in [0.05, 0.1) is 151 Å². The summed E-state index contributed by atoms with van der Waals surface area (Å²) < 4.78 is 70.2. The van der Waals surface area contributed by atoms with Crippen LogP contribution in [0, 0.1) is 0 Å². The van der Waals surface area contributed by atoms with Gasteiger partial charge < -0.3 is 66.9 Å². The van der Waals surface area contributed by atoms with E-state index < -0.39 is 11.8 Å². The molecule has 2 aromatic carbocycles. The molecule has 0 amide bonds. The van der Waals surface area contributed by atoms with Crippen molar-refractivity contribution in [2.75, 3.05) is 170 Å². The maximum absolute atomic E-state index is 12.1. The number of Topliss-reactive ketones (excluding diaryl/α,β-unsaturated/α-hetero) is 1. The van der Waals surface area contributed by atoms with E-state index in [0.29, 0.717) is 150 Å². The molecule has 0 aliphatic rings. The lowest BCUT2D eigenvalue weighted by Crippen LogP contribution is -2.20. The average molecular weight is 854 g/mol. The fourth-order valence-corrected chi connectivity index (χ4v) is 4.68. The number of esters is 2. The van der Waals surface area contributed by atoms with Crippen LogP contribution in [0.1, 0.15) is 40.5 Å². The van der Waals surface area contributed by atoms with Gasteiger partial charge in [-0.25, -0.2) is 9.59 Å². The highest BCUT2D eigenvalue weighted by molar-refractivity contribution is 6.40. The van der Waals surface area contributed by atoms with E-state index in [1.54, 1.807) is 42.5 Å². The van der Waals surface area contributed by atoms with Crippen LogP contribution < -0.4 is 5.32 Å². The van der Waals surface area contributed by atoms with Crippen LogP contribution in [0.4, 0.5) is 5.69 Å². The van der Waals surface area contributed by atoms with Crippen molar-refractivity contribution in [3.8, 4) is 0 Å². The third-order valence-electron chi connectivity index (χ3n) is 7.84. The third-order valence-corrected chi connectivity index (χ3v) is 7.84. The number of carbonyl (C=O) groups excluding carboxylic acids is 3. The predicted molar refractivity (Wildman–Crippen MR) is 221 cm³/mol. The number of ether oxygens (including phenoxy) is 13. The maximum atomic E-state index is 12.1. The molecule has 0 bridgehead atoms. The van der Waals surface area contributed by atoms with Crippen molar-refractivity contribution >= 4 is 23.4 Å². The molecule has 0 spiro atoms. The molecule has 340 valence electrons. The van der Waals surface area contributed by atoms with Gasteiger partial charge in [0.1, 0.15) is 13.2 Å². The molecule has 0 fully saturated rings. The first-order valence-electron chi connectivity index (χ1n) is 20.7. The Labute approximate surface area is 354 Å². The van der Waals surface area contributed by atoms with E-state index in [2.05, 4.69) is 12.2 Å². The highest BCUT2D eigenvalue weighted by atomic mass is 16.6. The molecule has 0 aliphatic heterocycles. The van der Waals surface area contributed by atoms with E-state index in [1.807, 2.05) is 12.1 Å². The van der Waals surface area contributed by atoms with Crippen LogP contribution in [0.5, 0.6) is 0 Å². The molecule has 2 aromatic rings. The highest BCUT2D eigenvalue weighted by Gasteiger charge is 2.17. The van der Waals surface area contributed by atoms with Crippen molar-refractivity contribution < 1.29 is 76.0 Å². The SMILES string of the molecule is CCCCNc1ccc(C(=O)OCCOCCOCCOCCOCCOCCOCCOCCOCCOCCOCCOCCOC(=O)C(=O)c2ccccc2)cc1. The van der Waals surface area contributed by atoms with Gasteiger partial charge in [0.25, 0.3) is 5.78 Å². The van der Waals surface area contributed by atoms with Crippen LogP contribution in [0.2, 0.25) is 0 Å². The van der Waals surface area contributed by atoms with Gasteiger partial charge in [-0.3, -0.25) is 4.79 Å². The molecule has 0 saturated heterocycles. The predicted octanol–water partition coefficient (Wildman–Crippen LogP) is 3.66. The number of ketones is 1. The summed E-state index contributed by atoms with van der Waals surface area (Å²) >= 11 is 0. The Kier molecular flexibility index (Phi) is 34.6. The summed E-state index contributed by atoms with van der Waals surface area (Å²) in [7, 11) is 0. The number of hydrogen-bond donors (Lipinski definition) is 1. The minimum absolute atomic E-state index is 0.00935. The van der Waals surface area contributed by atoms with Crippen molar-refractivity contribution in [3.63, 3.8) is 0 Å². The Morgan fingerprint density at radius 2 is 0.733 bits per heavy atom. The fraction of sp³-hybridized carbons (Fsp3) is 0.651. The Morgan fingerprint density at radius 1 is 0.400 bits per heavy atom. The summed E-state index contributed by atoms with van der Waals surface area (Å²) in [5.41, 5.74) is 1.79. The molecular weight excluding hydrogens is 786 g/mol. The monoisotopic (exact) mass is 853 g/mol. The first kappa shape index (κ1) is 52.5. The molecule has 0 aliphatic carbocycles. The van der Waals surface area contributed by atoms with E-state index in [1.165, 1.54) is 0 Å². The second-order valence-corrected chi connectivity index (χ2v) is 12.6. The Hall–Kier alpha value is -3.59. The lowest BCUT2D eigenvalue weighted by atomic mass is 10.1. The molecule has 0 atom stereocenters. The molecule has 2 rings (SSSR count). The molecular formula is C43H67NO16. The number of unbranched alkanes of at least 4 members (excludes halogenated alkanes) is 1. The van der Waals surface area contributed by atoms with Crippen molar-refractivity contribution in [1.29, 1.82) is 0 Å². The fourth-order valence-electron chi connectivity index (χ4n) is 4.68. The molecule has 60 heavy (non-hydrogen) atoms. The van der Waals surface area contributed by atoms with Crippen LogP contribution in [0.25, 0.3) is 0 Å². The second kappa shape index (κ2) is 39.5. The zero-order valence-electron chi connectivity index (χ0n) is 35.3. The van der Waals surface area contributed by atoms with Crippen molar-refractivity contribution in [3.05, 3.63) is 65.7 Å². The average Bonchev–Trinajstić information content (AvgIpc) is 3.27. The van der Waals surface area contributed by atoms with Gasteiger partial charge in [-0.2, -0.15) is 0 Å². The molecule has 0 unspecified atom stereocenters. The largest absolute Gasteiger partial charge is 0.460 e. The first-order chi connectivity index (χ1) is 29.6. The number of benzene rings is 2. The summed E-state index contributed by atoms with van der Waals surface area (Å²) in [5.74, 6) is -1.95. The van der Waals surface area contributed by atoms with E-state index in [9.17, 15) is 14.4 Å². The third kappa shape index (κ3) is 30.4. The molecule has 17 heteroatoms. The lowest BCUT2D eigenvalue weighted by molar-refractivity contribution is -0.139. The molecule has 1 N–H and O–H groups in total. The zero-order valence-corrected chi connectivity index (χ0v) is 35.3. The summed E-state index contributed by atoms with van der Waals surface area (Å²) in [6.45, 7) is 12.5. The minimum atomic E-state index is -0.902. The number of anilines is 1. The number of nitrogens with one attached hydrogen (secondary N) is 1. The van der Waals surface area contributed by atoms with Crippen LogP contribution in [-0.2, 0) is 66.4 Å². The van der Waals surface area contributed by atoms with Crippen molar-refractivity contribution in [2.24, 2.45) is 0 Å². The van der Waals surface area contributed by atoms with E-state index in [-0.39, 0.29) is 25.8 Å². The summed E-state index contributed by atoms with van der Waals surface area (Å²) in [5, 5.41) is 3.32. The normalized spacial score (nSPS) is 11.2. The van der Waals surface area contributed by atoms with Crippen LogP contribution in [-0.4, -0.2) is 183 Å². The standard InChI is InChI=1S/C43H67NO16/c1-2-3-13-44-40-11-9-39(10-12-40)42(46)59-36-34-57-32-30-55-28-26-53-24-22-51-20-18-49-16-14-48-15-17-50-19-21-52-23-25-54-27-29-56-31-33-58-35-37-60-43(47)41(45)38-7-5-4-6-8-38/h4-12,44H,2-3,13-37H2,1H3. The van der Waals surface area contributed by atoms with Crippen LogP contribution in [0.3, 0.4) is 0 Å². The molecule has 0 aromatic heterocycles. The number of rotatable bonds is 43. The van der Waals surface area contributed by atoms with Crippen LogP contribution in [0.15, 0.2) is 54.6 Å². The molecule has 0 heterocycles. The quantitative estimate of drug-likeness (QED) is 0.0441. The Bertz CT molecular complexity index is 1300. The number of carbonyl (C=O) groups is 3. The highest BCUT2D eigenvalue weighted by Crippen LogP contribution is 2.11. The summed E-state index contributed by atoms with van der Waals surface area (Å²) in [6, 6.07) is 15.5. The second-order valence-electron chi connectivity index (χ2n) is 12.6. The summed E-state index contributed by atoms with van der Waals surface area (Å²) in [4.78, 5) is 35.8. The van der Waals surface area contributed by atoms with Gasteiger partial charge in [0, 0.05) is 17.8 Å². The maximum Gasteiger partial charge on any atom is 0.379 e. The van der Waals surface area contributed by atoms with Gasteiger partial charge in [0.2, 0.25) is 0 Å². The van der Waals surface area contributed by atoms with E-state index >= 15 is 0 Å². The van der Waals surface area contributed by atoms with Crippen molar-refractivity contribution in [1.82, 2.24) is 0 Å². The first-order valence-corrected chi connectivity index (χ1v) is 20.7. The van der Waals surface area contributed by atoms with Crippen molar-refractivity contribution in [2.45, 2.75) is 19.8 Å². The Balaban J connectivity index is 1.17. The van der Waals surface area contributed by atoms with Crippen LogP contribution >= 0.6 is 0 Å². The molecule has 17 nitrogen and oxygen atoms in total. The van der Waals surface area contributed by atoms with E-state index in [0.717, 1.165) is 25.1 Å². The lowest BCUT2D eigenvalue weighted by Gasteiger charge is -2.09. The van der Waals surface area contributed by atoms with Gasteiger partial charge >= 0.3 is 11.9 Å². The molecule has 0 radical (unpaired) electrons. The zero-order chi connectivity index (χ0) is 42.8. The number of hydrogen-bond acceptors (Lipinski definition) is 17. The minimum Gasteiger partial charge on any atom is -0.460 e. The summed E-state index contributed by atoms with van der Waals surface area (Å²) in [6.07, 6.45) is 2.23. The smallest absolute Gasteiger partial charge is 0.379 e. The van der Waals surface area contributed by atoms with Gasteiger partial charge in [-0.15, -0.1) is 0 Å². The van der Waals surface area contributed by atoms with Gasteiger partial charge in [0.15, 0.2) is 0 Å². The topological polar surface area (TPSA) is 183 Å². The Morgan fingerprint density at radius 3 is 1.08 bits per heavy atom. The van der Waals surface area contributed by atoms with Gasteiger partial charge in [-0.05, 0) is 30.7 Å².